The summed E-state index contributed by atoms with van der Waals surface area (Å²) in [7, 11) is 2.26. The van der Waals surface area contributed by atoms with Crippen molar-refractivity contribution < 1.29 is 0 Å². The van der Waals surface area contributed by atoms with E-state index >= 15 is 0 Å². The second-order valence-electron chi connectivity index (χ2n) is 7.22. The molecule has 0 heterocycles. The number of rotatable bonds is 14. The molecule has 0 spiro atoms. The summed E-state index contributed by atoms with van der Waals surface area (Å²) < 4.78 is 0. The summed E-state index contributed by atoms with van der Waals surface area (Å²) in [5.41, 5.74) is 1.42. The fraction of sp³-hybridized carbons (Fsp3) is 0.727. The summed E-state index contributed by atoms with van der Waals surface area (Å²) in [5, 5.41) is 0. The number of nitrogens with zero attached hydrogens (tertiary/aromatic N) is 1. The monoisotopic (exact) mass is 317 g/mol. The van der Waals surface area contributed by atoms with E-state index in [1.165, 1.54) is 76.2 Å². The zero-order valence-electron chi connectivity index (χ0n) is 15.9. The van der Waals surface area contributed by atoms with Crippen molar-refractivity contribution in [2.75, 3.05) is 7.05 Å². The topological polar surface area (TPSA) is 3.24 Å². The van der Waals surface area contributed by atoms with Crippen molar-refractivity contribution in [2.24, 2.45) is 0 Å². The highest BCUT2D eigenvalue weighted by molar-refractivity contribution is 5.14. The quantitative estimate of drug-likeness (QED) is 0.340. The molecule has 1 unspecified atom stereocenters. The van der Waals surface area contributed by atoms with Crippen LogP contribution in [0.5, 0.6) is 0 Å². The summed E-state index contributed by atoms with van der Waals surface area (Å²) in [5.74, 6) is 0. The Balaban J connectivity index is 1.96. The van der Waals surface area contributed by atoms with Gasteiger partial charge in [0.25, 0.3) is 0 Å². The Hall–Kier alpha value is -0.820. The average Bonchev–Trinajstić information content (AvgIpc) is 2.57. The summed E-state index contributed by atoms with van der Waals surface area (Å²) in [6.07, 6.45) is 15.6. The van der Waals surface area contributed by atoms with Crippen molar-refractivity contribution in [1.29, 1.82) is 0 Å². The van der Waals surface area contributed by atoms with Gasteiger partial charge in [-0.2, -0.15) is 0 Å². The molecule has 0 N–H and O–H groups in total. The van der Waals surface area contributed by atoms with E-state index in [1.807, 2.05) is 0 Å². The van der Waals surface area contributed by atoms with E-state index in [4.69, 9.17) is 0 Å². The first kappa shape index (κ1) is 20.2. The van der Waals surface area contributed by atoms with Gasteiger partial charge in [-0.25, -0.2) is 0 Å². The summed E-state index contributed by atoms with van der Waals surface area (Å²) in [6, 6.07) is 11.5. The van der Waals surface area contributed by atoms with Gasteiger partial charge in [-0.3, -0.25) is 4.90 Å². The Morgan fingerprint density at radius 1 is 0.783 bits per heavy atom. The van der Waals surface area contributed by atoms with Gasteiger partial charge < -0.3 is 0 Å². The van der Waals surface area contributed by atoms with Gasteiger partial charge in [0.1, 0.15) is 0 Å². The Morgan fingerprint density at radius 3 is 1.87 bits per heavy atom. The first-order valence-corrected chi connectivity index (χ1v) is 9.98. The molecule has 0 bridgehead atoms. The van der Waals surface area contributed by atoms with Gasteiger partial charge in [-0.1, -0.05) is 101 Å². The third-order valence-electron chi connectivity index (χ3n) is 5.00. The second kappa shape index (κ2) is 13.6. The molecule has 0 saturated carbocycles. The van der Waals surface area contributed by atoms with Crippen LogP contribution in [0.25, 0.3) is 0 Å². The largest absolute Gasteiger partial charge is 0.299 e. The highest BCUT2D eigenvalue weighted by Crippen LogP contribution is 2.14. The van der Waals surface area contributed by atoms with Crippen molar-refractivity contribution in [2.45, 2.75) is 97.1 Å². The van der Waals surface area contributed by atoms with Crippen LogP contribution in [0.3, 0.4) is 0 Å². The molecule has 0 aliphatic heterocycles. The maximum absolute atomic E-state index is 2.49. The van der Waals surface area contributed by atoms with E-state index in [9.17, 15) is 0 Å². The van der Waals surface area contributed by atoms with Gasteiger partial charge in [0.05, 0.1) is 0 Å². The van der Waals surface area contributed by atoms with Crippen LogP contribution in [-0.2, 0) is 6.54 Å². The van der Waals surface area contributed by atoms with E-state index in [0.29, 0.717) is 6.04 Å². The molecule has 1 atom stereocenters. The minimum absolute atomic E-state index is 0.684. The van der Waals surface area contributed by atoms with Crippen molar-refractivity contribution >= 4 is 0 Å². The molecular formula is C22H39N. The zero-order chi connectivity index (χ0) is 16.8. The molecule has 0 aromatic heterocycles. The van der Waals surface area contributed by atoms with Crippen LogP contribution in [0.15, 0.2) is 30.3 Å². The second-order valence-corrected chi connectivity index (χ2v) is 7.22. The van der Waals surface area contributed by atoms with E-state index < -0.39 is 0 Å². The number of hydrogen-bond donors (Lipinski definition) is 0. The van der Waals surface area contributed by atoms with Crippen molar-refractivity contribution in [1.82, 2.24) is 4.90 Å². The van der Waals surface area contributed by atoms with Crippen molar-refractivity contribution in [3.05, 3.63) is 35.9 Å². The first-order chi connectivity index (χ1) is 11.2. The van der Waals surface area contributed by atoms with Crippen LogP contribution in [0.4, 0.5) is 0 Å². The van der Waals surface area contributed by atoms with Crippen LogP contribution < -0.4 is 0 Å². The average molecular weight is 318 g/mol. The van der Waals surface area contributed by atoms with Gasteiger partial charge in [0.15, 0.2) is 0 Å². The van der Waals surface area contributed by atoms with E-state index in [0.717, 1.165) is 6.54 Å². The molecule has 23 heavy (non-hydrogen) atoms. The molecule has 132 valence electrons. The molecule has 1 nitrogen and oxygen atoms in total. The fourth-order valence-corrected chi connectivity index (χ4v) is 3.17. The minimum Gasteiger partial charge on any atom is -0.299 e. The number of benzene rings is 1. The highest BCUT2D eigenvalue weighted by atomic mass is 15.1. The Morgan fingerprint density at radius 2 is 1.30 bits per heavy atom. The lowest BCUT2D eigenvalue weighted by Crippen LogP contribution is -2.28. The fourth-order valence-electron chi connectivity index (χ4n) is 3.17. The highest BCUT2D eigenvalue weighted by Gasteiger charge is 2.09. The Kier molecular flexibility index (Phi) is 12.0. The predicted molar refractivity (Wildman–Crippen MR) is 104 cm³/mol. The zero-order valence-corrected chi connectivity index (χ0v) is 15.9. The molecule has 0 amide bonds. The summed E-state index contributed by atoms with van der Waals surface area (Å²) in [4.78, 5) is 2.49. The molecule has 0 aliphatic rings. The Bertz CT molecular complexity index is 359. The molecule has 0 radical (unpaired) electrons. The normalized spacial score (nSPS) is 12.7. The van der Waals surface area contributed by atoms with Crippen molar-refractivity contribution in [3.63, 3.8) is 0 Å². The van der Waals surface area contributed by atoms with Crippen molar-refractivity contribution in [3.8, 4) is 0 Å². The summed E-state index contributed by atoms with van der Waals surface area (Å²) >= 11 is 0. The third kappa shape index (κ3) is 10.5. The summed E-state index contributed by atoms with van der Waals surface area (Å²) in [6.45, 7) is 5.73. The lowest BCUT2D eigenvalue weighted by molar-refractivity contribution is 0.233. The van der Waals surface area contributed by atoms with Crippen LogP contribution in [0.2, 0.25) is 0 Å². The molecule has 1 rings (SSSR count). The van der Waals surface area contributed by atoms with Crippen LogP contribution in [0.1, 0.15) is 90.0 Å². The molecule has 1 heteroatoms. The molecule has 0 saturated heterocycles. The first-order valence-electron chi connectivity index (χ1n) is 9.98. The molecule has 0 fully saturated rings. The standard InChI is InChI=1S/C22H39N/c1-4-5-6-7-8-9-10-11-12-14-17-21(2)23(3)20-22-18-15-13-16-19-22/h13,15-16,18-19,21H,4-12,14,17,20H2,1-3H3. The van der Waals surface area contributed by atoms with Gasteiger partial charge >= 0.3 is 0 Å². The molecule has 0 aliphatic carbocycles. The smallest absolute Gasteiger partial charge is 0.0233 e. The van der Waals surface area contributed by atoms with E-state index in [-0.39, 0.29) is 0 Å². The van der Waals surface area contributed by atoms with E-state index in [2.05, 4.69) is 56.1 Å². The van der Waals surface area contributed by atoms with Gasteiger partial charge in [-0.15, -0.1) is 0 Å². The SMILES string of the molecule is CCCCCCCCCCCCC(C)N(C)Cc1ccccc1. The molecule has 1 aromatic rings. The maximum Gasteiger partial charge on any atom is 0.0233 e. The van der Waals surface area contributed by atoms with Crippen LogP contribution >= 0.6 is 0 Å². The van der Waals surface area contributed by atoms with E-state index in [1.54, 1.807) is 0 Å². The number of hydrogen-bond acceptors (Lipinski definition) is 1. The van der Waals surface area contributed by atoms with Gasteiger partial charge in [0.2, 0.25) is 0 Å². The predicted octanol–water partition coefficient (Wildman–Crippen LogP) is 6.82. The minimum atomic E-state index is 0.684. The van der Waals surface area contributed by atoms with Crippen LogP contribution in [0, 0.1) is 0 Å². The third-order valence-corrected chi connectivity index (χ3v) is 5.00. The van der Waals surface area contributed by atoms with Gasteiger partial charge in [-0.05, 0) is 26.0 Å². The molecule has 1 aromatic carbocycles. The Labute approximate surface area is 145 Å². The number of unbranched alkanes of at least 4 members (excludes halogenated alkanes) is 9. The molecular weight excluding hydrogens is 278 g/mol. The maximum atomic E-state index is 2.49. The lowest BCUT2D eigenvalue weighted by atomic mass is 10.0. The van der Waals surface area contributed by atoms with Crippen LogP contribution in [-0.4, -0.2) is 18.0 Å². The van der Waals surface area contributed by atoms with Gasteiger partial charge in [0, 0.05) is 12.6 Å². The lowest BCUT2D eigenvalue weighted by Gasteiger charge is -2.24.